The van der Waals surface area contributed by atoms with E-state index in [1.807, 2.05) is 5.66 Å². The molecule has 34 heavy (non-hydrogen) atoms. The summed E-state index contributed by atoms with van der Waals surface area (Å²) >= 11 is 0. The predicted octanol–water partition coefficient (Wildman–Crippen LogP) is 12.7. The Morgan fingerprint density at radius 2 is 0.618 bits per heavy atom. The molecule has 1 heteroatoms. The molecule has 0 nitrogen and oxygen atoms in total. The van der Waals surface area contributed by atoms with Crippen molar-refractivity contribution in [2.45, 2.75) is 189 Å². The van der Waals surface area contributed by atoms with Crippen LogP contribution in [0.5, 0.6) is 0 Å². The second-order valence-corrected chi connectivity index (χ2v) is 16.7. The van der Waals surface area contributed by atoms with Crippen molar-refractivity contribution in [3.63, 3.8) is 0 Å². The number of rotatable bonds is 28. The van der Waals surface area contributed by atoms with Crippen molar-refractivity contribution in [1.82, 2.24) is 0 Å². The van der Waals surface area contributed by atoms with Gasteiger partial charge in [-0.15, -0.1) is 0 Å². The van der Waals surface area contributed by atoms with E-state index in [2.05, 4.69) is 34.6 Å². The third-order valence-corrected chi connectivity index (χ3v) is 14.6. The first-order chi connectivity index (χ1) is 16.7. The first-order valence-electron chi connectivity index (χ1n) is 16.5. The minimum atomic E-state index is -1.26. The zero-order chi connectivity index (χ0) is 25.2. The SMILES string of the molecule is CCCCCCCC[PH](CCCCCCCC)(CCCCCCCC)[C](C)CCCCCCC. The molecule has 0 aliphatic carbocycles. The molecule has 0 fully saturated rings. The van der Waals surface area contributed by atoms with Gasteiger partial charge in [-0.1, -0.05) is 0 Å². The van der Waals surface area contributed by atoms with Gasteiger partial charge in [0.25, 0.3) is 0 Å². The van der Waals surface area contributed by atoms with E-state index in [0.717, 1.165) is 0 Å². The molecule has 0 spiro atoms. The summed E-state index contributed by atoms with van der Waals surface area (Å²) in [6.07, 6.45) is 40.0. The van der Waals surface area contributed by atoms with Gasteiger partial charge >= 0.3 is 220 Å². The second-order valence-electron chi connectivity index (χ2n) is 11.8. The first kappa shape index (κ1) is 34.4. The quantitative estimate of drug-likeness (QED) is 0.0744. The maximum atomic E-state index is 2.65. The van der Waals surface area contributed by atoms with Gasteiger partial charge in [0.15, 0.2) is 0 Å². The molecule has 0 saturated heterocycles. The fourth-order valence-corrected chi connectivity index (χ4v) is 11.5. The molecular weight excluding hydrogens is 427 g/mol. The van der Waals surface area contributed by atoms with Gasteiger partial charge in [-0.3, -0.25) is 0 Å². The molecule has 0 unspecified atom stereocenters. The molecule has 0 aliphatic rings. The van der Waals surface area contributed by atoms with Gasteiger partial charge in [-0.2, -0.15) is 0 Å². The van der Waals surface area contributed by atoms with Crippen LogP contribution >= 0.6 is 7.26 Å². The maximum absolute atomic E-state index is 2.65. The van der Waals surface area contributed by atoms with Gasteiger partial charge in [0.05, 0.1) is 0 Å². The molecule has 1 radical (unpaired) electrons. The summed E-state index contributed by atoms with van der Waals surface area (Å²) in [5.74, 6) is 0. The van der Waals surface area contributed by atoms with Gasteiger partial charge < -0.3 is 0 Å². The summed E-state index contributed by atoms with van der Waals surface area (Å²) in [7, 11) is -1.26. The van der Waals surface area contributed by atoms with Crippen LogP contribution in [0.15, 0.2) is 0 Å². The van der Waals surface area contributed by atoms with Crippen LogP contribution in [-0.2, 0) is 0 Å². The fourth-order valence-electron chi connectivity index (χ4n) is 6.01. The van der Waals surface area contributed by atoms with E-state index < -0.39 is 7.26 Å². The third-order valence-electron chi connectivity index (χ3n) is 8.59. The molecule has 0 rings (SSSR count). The molecule has 0 amide bonds. The normalized spacial score (nSPS) is 12.6. The minimum absolute atomic E-state index is 1.26. The Morgan fingerprint density at radius 3 is 0.941 bits per heavy atom. The van der Waals surface area contributed by atoms with Crippen molar-refractivity contribution in [1.29, 1.82) is 0 Å². The monoisotopic (exact) mass is 498 g/mol. The van der Waals surface area contributed by atoms with Crippen LogP contribution in [0.1, 0.15) is 189 Å². The number of unbranched alkanes of at least 4 members (excludes halogenated alkanes) is 19. The van der Waals surface area contributed by atoms with Crippen molar-refractivity contribution in [3.8, 4) is 0 Å². The van der Waals surface area contributed by atoms with Crippen LogP contribution in [0.3, 0.4) is 0 Å². The molecule has 0 atom stereocenters. The van der Waals surface area contributed by atoms with Crippen molar-refractivity contribution >= 4 is 7.26 Å². The zero-order valence-corrected chi connectivity index (χ0v) is 26.1. The Bertz CT molecular complexity index is 336. The summed E-state index contributed by atoms with van der Waals surface area (Å²) in [5, 5.41) is 0. The average molecular weight is 498 g/mol. The molecule has 0 aromatic rings. The van der Waals surface area contributed by atoms with E-state index in [0.29, 0.717) is 0 Å². The number of hydrogen-bond donors (Lipinski definition) is 0. The van der Waals surface area contributed by atoms with Gasteiger partial charge in [0.2, 0.25) is 0 Å². The summed E-state index contributed by atoms with van der Waals surface area (Å²) < 4.78 is 0. The van der Waals surface area contributed by atoms with E-state index in [9.17, 15) is 0 Å². The summed E-state index contributed by atoms with van der Waals surface area (Å²) in [6, 6.07) is 0. The van der Waals surface area contributed by atoms with E-state index in [1.165, 1.54) is 154 Å². The fraction of sp³-hybridized carbons (Fsp3) is 0.970. The Balaban J connectivity index is 4.97. The molecule has 0 heterocycles. The van der Waals surface area contributed by atoms with Crippen LogP contribution in [0.2, 0.25) is 0 Å². The van der Waals surface area contributed by atoms with Gasteiger partial charge in [-0.05, 0) is 0 Å². The molecule has 0 bridgehead atoms. The average Bonchev–Trinajstić information content (AvgIpc) is 2.84. The zero-order valence-electron chi connectivity index (χ0n) is 25.1. The van der Waals surface area contributed by atoms with Crippen molar-refractivity contribution in [3.05, 3.63) is 5.66 Å². The molecular formula is C33H70P. The molecule has 0 aromatic heterocycles. The van der Waals surface area contributed by atoms with E-state index in [-0.39, 0.29) is 0 Å². The van der Waals surface area contributed by atoms with E-state index >= 15 is 0 Å². The van der Waals surface area contributed by atoms with Gasteiger partial charge in [0, 0.05) is 0 Å². The van der Waals surface area contributed by atoms with Crippen molar-refractivity contribution in [2.24, 2.45) is 0 Å². The van der Waals surface area contributed by atoms with Crippen LogP contribution in [0.25, 0.3) is 0 Å². The molecule has 207 valence electrons. The summed E-state index contributed by atoms with van der Waals surface area (Å²) in [4.78, 5) is 0. The second kappa shape index (κ2) is 26.5. The number of hydrogen-bond acceptors (Lipinski definition) is 0. The predicted molar refractivity (Wildman–Crippen MR) is 165 cm³/mol. The Hall–Kier alpha value is 0.430. The van der Waals surface area contributed by atoms with Crippen LogP contribution in [-0.4, -0.2) is 18.5 Å². The topological polar surface area (TPSA) is 0 Å². The van der Waals surface area contributed by atoms with E-state index in [1.54, 1.807) is 18.5 Å². The first-order valence-corrected chi connectivity index (χ1v) is 19.1. The summed E-state index contributed by atoms with van der Waals surface area (Å²) in [5.41, 5.74) is 2.04. The Morgan fingerprint density at radius 1 is 0.353 bits per heavy atom. The van der Waals surface area contributed by atoms with Crippen LogP contribution < -0.4 is 0 Å². The Labute approximate surface area is 220 Å². The summed E-state index contributed by atoms with van der Waals surface area (Å²) in [6.45, 7) is 12.0. The molecule has 0 N–H and O–H groups in total. The molecule has 0 aromatic carbocycles. The molecule has 0 saturated carbocycles. The van der Waals surface area contributed by atoms with Crippen molar-refractivity contribution < 1.29 is 0 Å². The van der Waals surface area contributed by atoms with Gasteiger partial charge in [0.1, 0.15) is 0 Å². The van der Waals surface area contributed by atoms with E-state index in [4.69, 9.17) is 0 Å². The van der Waals surface area contributed by atoms with Gasteiger partial charge in [-0.25, -0.2) is 0 Å². The third kappa shape index (κ3) is 19.6. The van der Waals surface area contributed by atoms with Crippen molar-refractivity contribution in [2.75, 3.05) is 18.5 Å². The van der Waals surface area contributed by atoms with Crippen LogP contribution in [0.4, 0.5) is 0 Å². The standard InChI is InChI=1S/C33H70P/c1-6-10-14-18-22-26-30-34(31-27-23-19-15-11-7-2,32-28-24-20-16-12-8-3)33(5)29-25-21-17-13-9-4/h34H,6-32H2,1-5H3. The Kier molecular flexibility index (Phi) is 26.8. The molecule has 0 aliphatic heterocycles. The van der Waals surface area contributed by atoms with Crippen LogP contribution in [0, 0.1) is 5.66 Å².